The molecule has 5 nitrogen and oxygen atoms in total. The van der Waals surface area contributed by atoms with Crippen molar-refractivity contribution < 1.29 is 18.7 Å². The third-order valence-corrected chi connectivity index (χ3v) is 4.53. The van der Waals surface area contributed by atoms with Crippen LogP contribution < -0.4 is 5.32 Å². The highest BCUT2D eigenvalue weighted by atomic mass is 19.2. The normalized spacial score (nSPS) is 20.8. The molecule has 1 aromatic rings. The van der Waals surface area contributed by atoms with E-state index in [0.29, 0.717) is 24.7 Å². The van der Waals surface area contributed by atoms with Gasteiger partial charge in [0.25, 0.3) is 0 Å². The van der Waals surface area contributed by atoms with E-state index in [1.165, 1.54) is 6.07 Å². The van der Waals surface area contributed by atoms with Crippen LogP contribution in [0.1, 0.15) is 24.5 Å². The topological polar surface area (TPSA) is 55.8 Å². The number of aliphatic hydroxyl groups excluding tert-OH is 1. The second-order valence-electron chi connectivity index (χ2n) is 6.61. The van der Waals surface area contributed by atoms with Crippen molar-refractivity contribution in [2.24, 2.45) is 0 Å². The molecule has 2 aliphatic rings. The van der Waals surface area contributed by atoms with Crippen LogP contribution >= 0.6 is 0 Å². The lowest BCUT2D eigenvalue weighted by Crippen LogP contribution is -2.50. The van der Waals surface area contributed by atoms with Gasteiger partial charge in [0.15, 0.2) is 11.6 Å². The van der Waals surface area contributed by atoms with Gasteiger partial charge >= 0.3 is 0 Å². The van der Waals surface area contributed by atoms with Crippen LogP contribution in [0.2, 0.25) is 0 Å². The summed E-state index contributed by atoms with van der Waals surface area (Å²) in [7, 11) is 0. The first kappa shape index (κ1) is 17.3. The molecule has 1 saturated carbocycles. The van der Waals surface area contributed by atoms with Crippen LogP contribution in [-0.2, 0) is 4.79 Å². The molecule has 0 bridgehead atoms. The first-order chi connectivity index (χ1) is 11.5. The van der Waals surface area contributed by atoms with Gasteiger partial charge in [0.1, 0.15) is 0 Å². The Balaban J connectivity index is 1.42. The maximum atomic E-state index is 13.2. The Labute approximate surface area is 140 Å². The Bertz CT molecular complexity index is 587. The fourth-order valence-electron chi connectivity index (χ4n) is 2.90. The largest absolute Gasteiger partial charge is 0.387 e. The van der Waals surface area contributed by atoms with E-state index < -0.39 is 17.7 Å². The molecule has 24 heavy (non-hydrogen) atoms. The van der Waals surface area contributed by atoms with E-state index in [4.69, 9.17) is 0 Å². The Morgan fingerprint density at radius 2 is 1.83 bits per heavy atom. The molecule has 132 valence electrons. The Morgan fingerprint density at radius 3 is 2.46 bits per heavy atom. The van der Waals surface area contributed by atoms with Crippen molar-refractivity contribution in [3.05, 3.63) is 35.4 Å². The molecule has 1 unspecified atom stereocenters. The van der Waals surface area contributed by atoms with E-state index >= 15 is 0 Å². The van der Waals surface area contributed by atoms with E-state index in [0.717, 1.165) is 51.2 Å². The third kappa shape index (κ3) is 4.72. The number of aliphatic hydroxyl groups is 1. The van der Waals surface area contributed by atoms with Crippen LogP contribution in [0.5, 0.6) is 0 Å². The maximum Gasteiger partial charge on any atom is 0.234 e. The van der Waals surface area contributed by atoms with Crippen molar-refractivity contribution in [2.75, 3.05) is 39.3 Å². The monoisotopic (exact) mass is 339 g/mol. The molecule has 1 aliphatic heterocycles. The molecule has 0 aromatic heterocycles. The van der Waals surface area contributed by atoms with Crippen molar-refractivity contribution in [2.45, 2.75) is 25.0 Å². The quantitative estimate of drug-likeness (QED) is 0.808. The molecule has 0 spiro atoms. The molecule has 1 aliphatic carbocycles. The van der Waals surface area contributed by atoms with Crippen molar-refractivity contribution in [3.8, 4) is 0 Å². The minimum atomic E-state index is -0.946. The number of halogens is 2. The van der Waals surface area contributed by atoms with Crippen molar-refractivity contribution >= 4 is 5.91 Å². The molecule has 7 heteroatoms. The number of carbonyl (C=O) groups is 1. The zero-order chi connectivity index (χ0) is 17.1. The lowest BCUT2D eigenvalue weighted by atomic mass is 10.1. The summed E-state index contributed by atoms with van der Waals surface area (Å²) in [5, 5.41) is 13.2. The summed E-state index contributed by atoms with van der Waals surface area (Å²) in [4.78, 5) is 16.0. The first-order valence-electron chi connectivity index (χ1n) is 8.38. The van der Waals surface area contributed by atoms with Crippen LogP contribution in [-0.4, -0.2) is 66.1 Å². The van der Waals surface area contributed by atoms with Crippen molar-refractivity contribution in [3.63, 3.8) is 0 Å². The molecule has 3 rings (SSSR count). The number of hydrogen-bond donors (Lipinski definition) is 2. The molecule has 2 fully saturated rings. The molecule has 1 aromatic carbocycles. The summed E-state index contributed by atoms with van der Waals surface area (Å²) < 4.78 is 26.2. The number of nitrogens with one attached hydrogen (secondary N) is 1. The average Bonchev–Trinajstić information content (AvgIpc) is 3.35. The van der Waals surface area contributed by atoms with Crippen molar-refractivity contribution in [1.82, 2.24) is 15.1 Å². The van der Waals surface area contributed by atoms with Gasteiger partial charge in [-0.15, -0.1) is 0 Å². The lowest BCUT2D eigenvalue weighted by molar-refractivity contribution is -0.122. The second kappa shape index (κ2) is 7.55. The molecule has 0 radical (unpaired) electrons. The maximum absolute atomic E-state index is 13.2. The standard InChI is InChI=1S/C17H23F2N3O2/c18-14-4-1-12(9-15(14)19)16(23)10-21-5-7-22(8-6-21)11-17(24)20-13-2-3-13/h1,4,9,13,16,23H,2-3,5-8,10-11H2,(H,20,24). The van der Waals surface area contributed by atoms with Crippen LogP contribution in [0.15, 0.2) is 18.2 Å². The molecule has 1 heterocycles. The summed E-state index contributed by atoms with van der Waals surface area (Å²) in [6.45, 7) is 3.75. The van der Waals surface area contributed by atoms with Gasteiger partial charge in [0, 0.05) is 38.8 Å². The van der Waals surface area contributed by atoms with Crippen LogP contribution in [0, 0.1) is 11.6 Å². The summed E-state index contributed by atoms with van der Waals surface area (Å²) in [6.07, 6.45) is 1.31. The fraction of sp³-hybridized carbons (Fsp3) is 0.588. The smallest absolute Gasteiger partial charge is 0.234 e. The van der Waals surface area contributed by atoms with Gasteiger partial charge in [-0.25, -0.2) is 8.78 Å². The summed E-state index contributed by atoms with van der Waals surface area (Å²) >= 11 is 0. The zero-order valence-corrected chi connectivity index (χ0v) is 13.5. The second-order valence-corrected chi connectivity index (χ2v) is 6.61. The first-order valence-corrected chi connectivity index (χ1v) is 8.38. The molecule has 1 atom stereocenters. The van der Waals surface area contributed by atoms with E-state index in [2.05, 4.69) is 15.1 Å². The molecule has 1 saturated heterocycles. The average molecular weight is 339 g/mol. The van der Waals surface area contributed by atoms with Crippen LogP contribution in [0.3, 0.4) is 0 Å². The number of benzene rings is 1. The third-order valence-electron chi connectivity index (χ3n) is 4.53. The number of rotatable bonds is 6. The molecule has 1 amide bonds. The van der Waals surface area contributed by atoms with Crippen LogP contribution in [0.4, 0.5) is 8.78 Å². The Kier molecular flexibility index (Phi) is 5.43. The van der Waals surface area contributed by atoms with Crippen molar-refractivity contribution in [1.29, 1.82) is 0 Å². The number of amides is 1. The summed E-state index contributed by atoms with van der Waals surface area (Å²) in [5.41, 5.74) is 0.375. The highest BCUT2D eigenvalue weighted by molar-refractivity contribution is 5.78. The minimum absolute atomic E-state index is 0.0766. The number of nitrogens with zero attached hydrogens (tertiary/aromatic N) is 2. The van der Waals surface area contributed by atoms with E-state index in [9.17, 15) is 18.7 Å². The minimum Gasteiger partial charge on any atom is -0.387 e. The highest BCUT2D eigenvalue weighted by Crippen LogP contribution is 2.19. The van der Waals surface area contributed by atoms with Gasteiger partial charge < -0.3 is 10.4 Å². The molecule has 2 N–H and O–H groups in total. The Hall–Kier alpha value is -1.57. The van der Waals surface area contributed by atoms with Gasteiger partial charge in [0.05, 0.1) is 12.6 Å². The predicted octanol–water partition coefficient (Wildman–Crippen LogP) is 0.894. The number of β-amino-alcohol motifs (C(OH)–C–C–N with tert-alkyl or cyclic N) is 1. The van der Waals surface area contributed by atoms with Gasteiger partial charge in [-0.2, -0.15) is 0 Å². The van der Waals surface area contributed by atoms with E-state index in [1.54, 1.807) is 0 Å². The van der Waals surface area contributed by atoms with Gasteiger partial charge in [-0.3, -0.25) is 14.6 Å². The molecular formula is C17H23F2N3O2. The number of hydrogen-bond acceptors (Lipinski definition) is 4. The lowest BCUT2D eigenvalue weighted by Gasteiger charge is -2.35. The predicted molar refractivity (Wildman–Crippen MR) is 85.4 cm³/mol. The fourth-order valence-corrected chi connectivity index (χ4v) is 2.90. The summed E-state index contributed by atoms with van der Waals surface area (Å²) in [6, 6.07) is 3.86. The van der Waals surface area contributed by atoms with Crippen LogP contribution in [0.25, 0.3) is 0 Å². The number of piperazine rings is 1. The highest BCUT2D eigenvalue weighted by Gasteiger charge is 2.26. The van der Waals surface area contributed by atoms with Gasteiger partial charge in [-0.1, -0.05) is 6.07 Å². The molecular weight excluding hydrogens is 316 g/mol. The summed E-state index contributed by atoms with van der Waals surface area (Å²) in [5.74, 6) is -1.78. The van der Waals surface area contributed by atoms with Gasteiger partial charge in [-0.05, 0) is 30.5 Å². The SMILES string of the molecule is O=C(CN1CCN(CC(O)c2ccc(F)c(F)c2)CC1)NC1CC1. The number of carbonyl (C=O) groups excluding carboxylic acids is 1. The van der Waals surface area contributed by atoms with E-state index in [1.807, 2.05) is 0 Å². The Morgan fingerprint density at radius 1 is 1.17 bits per heavy atom. The zero-order valence-electron chi connectivity index (χ0n) is 13.5. The van der Waals surface area contributed by atoms with E-state index in [-0.39, 0.29) is 5.91 Å². The van der Waals surface area contributed by atoms with Gasteiger partial charge in [0.2, 0.25) is 5.91 Å².